The summed E-state index contributed by atoms with van der Waals surface area (Å²) in [5.41, 5.74) is 3.19. The summed E-state index contributed by atoms with van der Waals surface area (Å²) in [5, 5.41) is 3.24. The lowest BCUT2D eigenvalue weighted by molar-refractivity contribution is -0.123. The molecule has 0 aromatic heterocycles. The summed E-state index contributed by atoms with van der Waals surface area (Å²) >= 11 is 0. The lowest BCUT2D eigenvalue weighted by Crippen LogP contribution is -2.46. The first-order chi connectivity index (χ1) is 18.2. The zero-order chi connectivity index (χ0) is 27.1. The summed E-state index contributed by atoms with van der Waals surface area (Å²) in [6.07, 6.45) is 4.55. The Hall–Kier alpha value is -3.03. The molecule has 0 saturated carbocycles. The first kappa shape index (κ1) is 28.0. The van der Waals surface area contributed by atoms with Crippen LogP contribution in [0.2, 0.25) is 0 Å². The first-order valence-corrected chi connectivity index (χ1v) is 15.3. The minimum atomic E-state index is -3.26. The first-order valence-electron chi connectivity index (χ1n) is 13.4. The van der Waals surface area contributed by atoms with E-state index in [0.717, 1.165) is 50.0 Å². The minimum absolute atomic E-state index is 0.00138. The zero-order valence-electron chi connectivity index (χ0n) is 22.1. The van der Waals surface area contributed by atoms with Gasteiger partial charge < -0.3 is 10.2 Å². The highest BCUT2D eigenvalue weighted by Gasteiger charge is 2.26. The van der Waals surface area contributed by atoms with Gasteiger partial charge in [-0.05, 0) is 73.2 Å². The molecule has 3 aromatic rings. The van der Waals surface area contributed by atoms with Gasteiger partial charge in [0.2, 0.25) is 5.91 Å². The maximum absolute atomic E-state index is 13.5. The van der Waals surface area contributed by atoms with E-state index in [9.17, 15) is 17.6 Å². The van der Waals surface area contributed by atoms with Crippen LogP contribution in [-0.2, 0) is 14.6 Å². The fourth-order valence-corrected chi connectivity index (χ4v) is 5.97. The van der Waals surface area contributed by atoms with Crippen LogP contribution < -0.4 is 5.32 Å². The van der Waals surface area contributed by atoms with Gasteiger partial charge in [0.05, 0.1) is 10.8 Å². The molecule has 1 aliphatic heterocycles. The van der Waals surface area contributed by atoms with Gasteiger partial charge in [0.25, 0.3) is 0 Å². The molecule has 7 heteroatoms. The molecule has 1 N–H and O–H groups in total. The largest absolute Gasteiger partial charge is 0.353 e. The molecule has 3 aromatic carbocycles. The molecule has 1 heterocycles. The molecular weight excluding hydrogens is 499 g/mol. The third kappa shape index (κ3) is 7.29. The number of halogens is 1. The second kappa shape index (κ2) is 12.7. The Balaban J connectivity index is 1.31. The number of hydrogen-bond donors (Lipinski definition) is 1. The van der Waals surface area contributed by atoms with Gasteiger partial charge >= 0.3 is 0 Å². The Labute approximate surface area is 226 Å². The zero-order valence-corrected chi connectivity index (χ0v) is 23.0. The molecule has 4 rings (SSSR count). The van der Waals surface area contributed by atoms with Crippen molar-refractivity contribution in [3.8, 4) is 0 Å². The number of sulfone groups is 1. The van der Waals surface area contributed by atoms with Crippen LogP contribution in [0.1, 0.15) is 61.1 Å². The van der Waals surface area contributed by atoms with Crippen molar-refractivity contribution in [2.75, 3.05) is 25.9 Å². The number of carbonyl (C=O) groups excluding carboxylic acids is 1. The van der Waals surface area contributed by atoms with E-state index in [1.54, 1.807) is 24.3 Å². The van der Waals surface area contributed by atoms with E-state index < -0.39 is 9.84 Å². The molecule has 1 aliphatic rings. The van der Waals surface area contributed by atoms with Crippen LogP contribution >= 0.6 is 0 Å². The smallest absolute Gasteiger partial charge is 0.227 e. The van der Waals surface area contributed by atoms with Crippen molar-refractivity contribution in [1.29, 1.82) is 0 Å². The lowest BCUT2D eigenvalue weighted by Gasteiger charge is -2.34. The molecule has 0 bridgehead atoms. The monoisotopic (exact) mass is 536 g/mol. The molecule has 2 atom stereocenters. The lowest BCUT2D eigenvalue weighted by atomic mass is 9.88. The van der Waals surface area contributed by atoms with Gasteiger partial charge in [-0.25, -0.2) is 12.8 Å². The second-order valence-electron chi connectivity index (χ2n) is 10.2. The van der Waals surface area contributed by atoms with E-state index in [-0.39, 0.29) is 34.5 Å². The molecule has 5 nitrogen and oxygen atoms in total. The van der Waals surface area contributed by atoms with Crippen LogP contribution in [0.15, 0.2) is 83.8 Å². The van der Waals surface area contributed by atoms with E-state index >= 15 is 0 Å². The molecule has 0 spiro atoms. The number of hydrogen-bond acceptors (Lipinski definition) is 4. The van der Waals surface area contributed by atoms with Crippen molar-refractivity contribution in [1.82, 2.24) is 10.2 Å². The maximum atomic E-state index is 13.5. The Bertz CT molecular complexity index is 1290. The van der Waals surface area contributed by atoms with Crippen molar-refractivity contribution in [3.05, 3.63) is 101 Å². The summed E-state index contributed by atoms with van der Waals surface area (Å²) in [4.78, 5) is 15.8. The van der Waals surface area contributed by atoms with Gasteiger partial charge in [-0.15, -0.1) is 0 Å². The molecule has 2 unspecified atom stereocenters. The van der Waals surface area contributed by atoms with E-state index in [4.69, 9.17) is 0 Å². The van der Waals surface area contributed by atoms with Crippen molar-refractivity contribution >= 4 is 15.7 Å². The Morgan fingerprint density at radius 2 is 1.50 bits per heavy atom. The molecule has 1 fully saturated rings. The number of piperidine rings is 1. The van der Waals surface area contributed by atoms with Crippen LogP contribution in [0.3, 0.4) is 0 Å². The number of nitrogens with one attached hydrogen (secondary N) is 1. The Morgan fingerprint density at radius 1 is 0.921 bits per heavy atom. The van der Waals surface area contributed by atoms with Gasteiger partial charge in [0.1, 0.15) is 5.82 Å². The number of carbonyl (C=O) groups is 1. The van der Waals surface area contributed by atoms with Gasteiger partial charge in [-0.3, -0.25) is 4.79 Å². The van der Waals surface area contributed by atoms with Crippen molar-refractivity contribution in [2.45, 2.75) is 55.4 Å². The maximum Gasteiger partial charge on any atom is 0.227 e. The fourth-order valence-electron chi connectivity index (χ4n) is 5.34. The highest BCUT2D eigenvalue weighted by molar-refractivity contribution is 7.90. The van der Waals surface area contributed by atoms with Gasteiger partial charge in [0, 0.05) is 31.3 Å². The molecule has 1 amide bonds. The van der Waals surface area contributed by atoms with Crippen molar-refractivity contribution < 1.29 is 17.6 Å². The Morgan fingerprint density at radius 3 is 2.08 bits per heavy atom. The predicted octanol–water partition coefficient (Wildman–Crippen LogP) is 5.53. The third-order valence-electron chi connectivity index (χ3n) is 7.58. The molecule has 202 valence electrons. The molecular formula is C31H37FN2O3S. The van der Waals surface area contributed by atoms with Crippen LogP contribution in [0, 0.1) is 5.82 Å². The Kier molecular flexibility index (Phi) is 9.34. The van der Waals surface area contributed by atoms with Crippen LogP contribution in [0.4, 0.5) is 4.39 Å². The summed E-state index contributed by atoms with van der Waals surface area (Å²) in [6, 6.07) is 24.0. The van der Waals surface area contributed by atoms with E-state index in [2.05, 4.69) is 22.3 Å². The van der Waals surface area contributed by atoms with Gasteiger partial charge in [-0.2, -0.15) is 0 Å². The van der Waals surface area contributed by atoms with Crippen LogP contribution in [-0.4, -0.2) is 51.2 Å². The molecule has 0 aliphatic carbocycles. The van der Waals surface area contributed by atoms with Crippen LogP contribution in [0.25, 0.3) is 0 Å². The summed E-state index contributed by atoms with van der Waals surface area (Å²) in [7, 11) is -3.26. The van der Waals surface area contributed by atoms with Crippen molar-refractivity contribution in [3.63, 3.8) is 0 Å². The van der Waals surface area contributed by atoms with Gasteiger partial charge in [-0.1, -0.05) is 61.5 Å². The van der Waals surface area contributed by atoms with Crippen molar-refractivity contribution in [2.24, 2.45) is 0 Å². The molecule has 38 heavy (non-hydrogen) atoms. The highest BCUT2D eigenvalue weighted by atomic mass is 32.2. The summed E-state index contributed by atoms with van der Waals surface area (Å²) < 4.78 is 37.0. The van der Waals surface area contributed by atoms with E-state index in [1.807, 2.05) is 37.3 Å². The topological polar surface area (TPSA) is 66.5 Å². The van der Waals surface area contributed by atoms with E-state index in [0.29, 0.717) is 6.42 Å². The van der Waals surface area contributed by atoms with E-state index in [1.165, 1.54) is 24.0 Å². The fraction of sp³-hybridized carbons (Fsp3) is 0.387. The predicted molar refractivity (Wildman–Crippen MR) is 149 cm³/mol. The summed E-state index contributed by atoms with van der Waals surface area (Å²) in [5.74, 6) is -0.322. The quantitative estimate of drug-likeness (QED) is 0.370. The van der Waals surface area contributed by atoms with Crippen LogP contribution in [0.5, 0.6) is 0 Å². The molecule has 1 saturated heterocycles. The average molecular weight is 537 g/mol. The summed E-state index contributed by atoms with van der Waals surface area (Å²) in [6.45, 7) is 4.73. The third-order valence-corrected chi connectivity index (χ3v) is 8.71. The highest BCUT2D eigenvalue weighted by Crippen LogP contribution is 2.29. The standard InChI is InChI=1S/C31H37FN2O3S/c1-3-29(24-11-15-28(16-12-24)38(2,36)37)31(35)33-27-17-20-34(21-18-27)22-19-30(23-7-5-4-6-8-23)25-9-13-26(32)14-10-25/h4-16,27,29-30H,3,17-22H2,1-2H3,(H,33,35). The molecule has 0 radical (unpaired) electrons. The average Bonchev–Trinajstić information content (AvgIpc) is 2.91. The number of amides is 1. The normalized spacial score (nSPS) is 16.6. The SMILES string of the molecule is CCC(C(=O)NC1CCN(CCC(c2ccccc2)c2ccc(F)cc2)CC1)c1ccc(S(C)(=O)=O)cc1. The number of benzene rings is 3. The van der Waals surface area contributed by atoms with Gasteiger partial charge in [0.15, 0.2) is 9.84 Å². The number of nitrogens with zero attached hydrogens (tertiary/aromatic N) is 1. The number of likely N-dealkylation sites (tertiary alicyclic amines) is 1. The number of rotatable bonds is 10. The minimum Gasteiger partial charge on any atom is -0.353 e. The second-order valence-corrected chi connectivity index (χ2v) is 12.2.